The van der Waals surface area contributed by atoms with Gasteiger partial charge in [0.25, 0.3) is 0 Å². The van der Waals surface area contributed by atoms with Crippen LogP contribution in [0.1, 0.15) is 44.1 Å². The van der Waals surface area contributed by atoms with Gasteiger partial charge in [-0.25, -0.2) is 0 Å². The molecule has 1 aliphatic carbocycles. The minimum absolute atomic E-state index is 0.0576. The average Bonchev–Trinajstić information content (AvgIpc) is 3.05. The first-order valence-corrected chi connectivity index (χ1v) is 9.37. The van der Waals surface area contributed by atoms with E-state index in [1.807, 2.05) is 12.1 Å². The van der Waals surface area contributed by atoms with Crippen molar-refractivity contribution in [3.05, 3.63) is 29.8 Å². The second-order valence-electron chi connectivity index (χ2n) is 7.46. The van der Waals surface area contributed by atoms with Crippen molar-refractivity contribution >= 4 is 5.91 Å². The molecule has 2 fully saturated rings. The molecule has 1 saturated heterocycles. The zero-order chi connectivity index (χ0) is 17.7. The van der Waals surface area contributed by atoms with E-state index in [1.165, 1.54) is 5.56 Å². The molecule has 1 amide bonds. The van der Waals surface area contributed by atoms with E-state index in [2.05, 4.69) is 17.4 Å². The van der Waals surface area contributed by atoms with Gasteiger partial charge >= 0.3 is 0 Å². The summed E-state index contributed by atoms with van der Waals surface area (Å²) in [6.07, 6.45) is 5.66. The Labute approximate surface area is 150 Å². The second-order valence-corrected chi connectivity index (χ2v) is 7.46. The summed E-state index contributed by atoms with van der Waals surface area (Å²) < 4.78 is 10.8. The highest BCUT2D eigenvalue weighted by atomic mass is 16.5. The molecule has 0 spiro atoms. The van der Waals surface area contributed by atoms with Crippen LogP contribution in [0.5, 0.6) is 5.75 Å². The molecule has 3 rings (SSSR count). The molecule has 1 aromatic carbocycles. The molecular weight excluding hydrogens is 316 g/mol. The molecule has 2 atom stereocenters. The summed E-state index contributed by atoms with van der Waals surface area (Å²) in [5, 5.41) is 3.19. The molecule has 0 aromatic heterocycles. The summed E-state index contributed by atoms with van der Waals surface area (Å²) in [7, 11) is 1.67. The Morgan fingerprint density at radius 1 is 1.28 bits per heavy atom. The lowest BCUT2D eigenvalue weighted by atomic mass is 9.74. The van der Waals surface area contributed by atoms with E-state index < -0.39 is 0 Å². The van der Waals surface area contributed by atoms with Crippen molar-refractivity contribution in [2.24, 2.45) is 11.7 Å². The number of methoxy groups -OCH3 is 1. The largest absolute Gasteiger partial charge is 0.497 e. The van der Waals surface area contributed by atoms with E-state index >= 15 is 0 Å². The molecule has 0 bridgehead atoms. The molecule has 1 aliphatic heterocycles. The van der Waals surface area contributed by atoms with E-state index in [4.69, 9.17) is 15.2 Å². The summed E-state index contributed by atoms with van der Waals surface area (Å²) in [5.41, 5.74) is 7.29. The van der Waals surface area contributed by atoms with Gasteiger partial charge in [-0.1, -0.05) is 18.6 Å². The van der Waals surface area contributed by atoms with E-state index in [0.717, 1.165) is 51.1 Å². The van der Waals surface area contributed by atoms with Crippen LogP contribution in [0.3, 0.4) is 0 Å². The van der Waals surface area contributed by atoms with Crippen molar-refractivity contribution in [2.45, 2.75) is 50.0 Å². The molecule has 3 N–H and O–H groups in total. The van der Waals surface area contributed by atoms with Gasteiger partial charge in [0.1, 0.15) is 5.75 Å². The average molecular weight is 346 g/mol. The summed E-state index contributed by atoms with van der Waals surface area (Å²) >= 11 is 0. The fourth-order valence-electron chi connectivity index (χ4n) is 4.17. The summed E-state index contributed by atoms with van der Waals surface area (Å²) in [4.78, 5) is 12.4. The van der Waals surface area contributed by atoms with Gasteiger partial charge in [0.2, 0.25) is 5.91 Å². The zero-order valence-corrected chi connectivity index (χ0v) is 15.1. The third-order valence-corrected chi connectivity index (χ3v) is 5.94. The SMILES string of the molecule is COc1ccc(C2(CNC(=O)C[C@@H]3CCC[C@H]3N)CCOCC2)cc1. The predicted octanol–water partition coefficient (Wildman–Crippen LogP) is 2.38. The normalized spacial score (nSPS) is 25.5. The Morgan fingerprint density at radius 2 is 2.00 bits per heavy atom. The number of carbonyl (C=O) groups excluding carboxylic acids is 1. The van der Waals surface area contributed by atoms with Gasteiger partial charge in [0.05, 0.1) is 7.11 Å². The first-order chi connectivity index (χ1) is 12.1. The fraction of sp³-hybridized carbons (Fsp3) is 0.650. The highest BCUT2D eigenvalue weighted by molar-refractivity contribution is 5.76. The van der Waals surface area contributed by atoms with Crippen LogP contribution >= 0.6 is 0 Å². The molecule has 1 heterocycles. The van der Waals surface area contributed by atoms with Crippen LogP contribution in [-0.2, 0) is 14.9 Å². The number of hydrogen-bond donors (Lipinski definition) is 2. The number of benzene rings is 1. The molecule has 0 radical (unpaired) electrons. The Balaban J connectivity index is 1.64. The van der Waals surface area contributed by atoms with Crippen LogP contribution in [0.25, 0.3) is 0 Å². The Bertz CT molecular complexity index is 567. The number of ether oxygens (including phenoxy) is 2. The molecule has 25 heavy (non-hydrogen) atoms. The molecule has 0 unspecified atom stereocenters. The number of amides is 1. The maximum absolute atomic E-state index is 12.4. The fourth-order valence-corrected chi connectivity index (χ4v) is 4.17. The van der Waals surface area contributed by atoms with Gasteiger partial charge in [0.15, 0.2) is 0 Å². The summed E-state index contributed by atoms with van der Waals surface area (Å²) in [6.45, 7) is 2.12. The summed E-state index contributed by atoms with van der Waals surface area (Å²) in [5.74, 6) is 1.32. The third-order valence-electron chi connectivity index (χ3n) is 5.94. The smallest absolute Gasteiger partial charge is 0.220 e. The van der Waals surface area contributed by atoms with Crippen LogP contribution in [0.2, 0.25) is 0 Å². The quantitative estimate of drug-likeness (QED) is 0.829. The minimum Gasteiger partial charge on any atom is -0.497 e. The van der Waals surface area contributed by atoms with Crippen LogP contribution in [0.15, 0.2) is 24.3 Å². The lowest BCUT2D eigenvalue weighted by Crippen LogP contribution is -2.45. The zero-order valence-electron chi connectivity index (χ0n) is 15.1. The van der Waals surface area contributed by atoms with Crippen molar-refractivity contribution in [3.8, 4) is 5.75 Å². The predicted molar refractivity (Wildman–Crippen MR) is 97.7 cm³/mol. The molecule has 2 aliphatic rings. The lowest BCUT2D eigenvalue weighted by Gasteiger charge is -2.38. The topological polar surface area (TPSA) is 73.6 Å². The molecule has 5 heteroatoms. The number of rotatable bonds is 6. The van der Waals surface area contributed by atoms with Crippen molar-refractivity contribution in [2.75, 3.05) is 26.9 Å². The molecule has 1 aromatic rings. The third kappa shape index (κ3) is 4.33. The number of carbonyl (C=O) groups is 1. The van der Waals surface area contributed by atoms with Crippen LogP contribution in [0, 0.1) is 5.92 Å². The van der Waals surface area contributed by atoms with Crippen molar-refractivity contribution in [1.82, 2.24) is 5.32 Å². The number of hydrogen-bond acceptors (Lipinski definition) is 4. The van der Waals surface area contributed by atoms with Gasteiger partial charge in [-0.15, -0.1) is 0 Å². The van der Waals surface area contributed by atoms with Crippen molar-refractivity contribution in [1.29, 1.82) is 0 Å². The van der Waals surface area contributed by atoms with E-state index in [9.17, 15) is 4.79 Å². The van der Waals surface area contributed by atoms with Gasteiger partial charge in [-0.3, -0.25) is 4.79 Å². The monoisotopic (exact) mass is 346 g/mol. The molecular formula is C20H30N2O3. The lowest BCUT2D eigenvalue weighted by molar-refractivity contribution is -0.122. The highest BCUT2D eigenvalue weighted by Crippen LogP contribution is 2.35. The molecule has 5 nitrogen and oxygen atoms in total. The highest BCUT2D eigenvalue weighted by Gasteiger charge is 2.35. The number of nitrogens with two attached hydrogens (primary N) is 1. The standard InChI is InChI=1S/C20H30N2O3/c1-24-17-7-5-16(6-8-17)20(9-11-25-12-10-20)14-22-19(23)13-15-3-2-4-18(15)21/h5-8,15,18H,2-4,9-14,21H2,1H3,(H,22,23)/t15-,18+/m0/s1. The Hall–Kier alpha value is -1.59. The Morgan fingerprint density at radius 3 is 2.60 bits per heavy atom. The van der Waals surface area contributed by atoms with Gasteiger partial charge < -0.3 is 20.5 Å². The summed E-state index contributed by atoms with van der Waals surface area (Å²) in [6, 6.07) is 8.40. The van der Waals surface area contributed by atoms with Gasteiger partial charge in [-0.2, -0.15) is 0 Å². The van der Waals surface area contributed by atoms with Crippen LogP contribution < -0.4 is 15.8 Å². The second kappa shape index (κ2) is 8.19. The number of nitrogens with one attached hydrogen (secondary N) is 1. The maximum atomic E-state index is 12.4. The van der Waals surface area contributed by atoms with Crippen molar-refractivity contribution in [3.63, 3.8) is 0 Å². The van der Waals surface area contributed by atoms with Gasteiger partial charge in [0, 0.05) is 37.6 Å². The van der Waals surface area contributed by atoms with Crippen LogP contribution in [-0.4, -0.2) is 38.8 Å². The first kappa shape index (κ1) is 18.2. The molecule has 138 valence electrons. The van der Waals surface area contributed by atoms with E-state index in [1.54, 1.807) is 7.11 Å². The first-order valence-electron chi connectivity index (χ1n) is 9.37. The van der Waals surface area contributed by atoms with E-state index in [-0.39, 0.29) is 17.4 Å². The van der Waals surface area contributed by atoms with Crippen LogP contribution in [0.4, 0.5) is 0 Å². The van der Waals surface area contributed by atoms with Crippen molar-refractivity contribution < 1.29 is 14.3 Å². The van der Waals surface area contributed by atoms with E-state index in [0.29, 0.717) is 18.9 Å². The minimum atomic E-state index is -0.0576. The Kier molecular flexibility index (Phi) is 5.97. The maximum Gasteiger partial charge on any atom is 0.220 e. The molecule has 1 saturated carbocycles. The van der Waals surface area contributed by atoms with Gasteiger partial charge in [-0.05, 0) is 49.3 Å².